The smallest absolute Gasteiger partial charge is 0.306 e. The van der Waals surface area contributed by atoms with Crippen LogP contribution >= 0.6 is 0 Å². The number of rotatable bonds is 6. The standard InChI is InChI=1S/C13H22N4O4/c1-10-3-2-4-15(13(10)9-18)7-12(19)8-16-6-11(5-14-16)17(20)21/h5-6,10,12-13,18-19H,2-4,7-9H2,1H3. The number of piperidine rings is 1. The number of hydrogen-bond donors (Lipinski definition) is 2. The lowest BCUT2D eigenvalue weighted by atomic mass is 9.91. The van der Waals surface area contributed by atoms with Crippen LogP contribution in [0.5, 0.6) is 0 Å². The van der Waals surface area contributed by atoms with Crippen LogP contribution < -0.4 is 0 Å². The van der Waals surface area contributed by atoms with E-state index >= 15 is 0 Å². The van der Waals surface area contributed by atoms with E-state index in [-0.39, 0.29) is 24.9 Å². The minimum atomic E-state index is -0.677. The monoisotopic (exact) mass is 298 g/mol. The first-order chi connectivity index (χ1) is 10.0. The van der Waals surface area contributed by atoms with Gasteiger partial charge < -0.3 is 10.2 Å². The second kappa shape index (κ2) is 6.97. The predicted molar refractivity (Wildman–Crippen MR) is 75.7 cm³/mol. The van der Waals surface area contributed by atoms with Crippen molar-refractivity contribution in [2.45, 2.75) is 38.5 Å². The van der Waals surface area contributed by atoms with Gasteiger partial charge in [0.15, 0.2) is 0 Å². The molecule has 2 N–H and O–H groups in total. The van der Waals surface area contributed by atoms with Crippen LogP contribution in [0, 0.1) is 16.0 Å². The zero-order chi connectivity index (χ0) is 15.4. The lowest BCUT2D eigenvalue weighted by Crippen LogP contribution is -2.49. The molecule has 0 spiro atoms. The number of β-amino-alcohol motifs (C(OH)–C–C–N with tert-alkyl or cyclic N) is 1. The maximum absolute atomic E-state index is 10.6. The van der Waals surface area contributed by atoms with E-state index in [1.807, 2.05) is 0 Å². The van der Waals surface area contributed by atoms with Crippen molar-refractivity contribution in [1.29, 1.82) is 0 Å². The molecule has 1 saturated heterocycles. The predicted octanol–water partition coefficient (Wildman–Crippen LogP) is 0.245. The Kier molecular flexibility index (Phi) is 5.27. The van der Waals surface area contributed by atoms with Crippen LogP contribution in [0.4, 0.5) is 5.69 Å². The van der Waals surface area contributed by atoms with E-state index < -0.39 is 11.0 Å². The van der Waals surface area contributed by atoms with E-state index in [4.69, 9.17) is 0 Å². The summed E-state index contributed by atoms with van der Waals surface area (Å²) in [6.07, 6.45) is 3.95. The van der Waals surface area contributed by atoms with Crippen LogP contribution in [-0.4, -0.2) is 61.7 Å². The highest BCUT2D eigenvalue weighted by Gasteiger charge is 2.29. The molecular weight excluding hydrogens is 276 g/mol. The minimum absolute atomic E-state index is 0.0698. The fourth-order valence-electron chi connectivity index (χ4n) is 2.95. The molecule has 118 valence electrons. The Morgan fingerprint density at radius 3 is 2.95 bits per heavy atom. The average Bonchev–Trinajstić information content (AvgIpc) is 2.87. The van der Waals surface area contributed by atoms with Gasteiger partial charge in [-0.2, -0.15) is 5.10 Å². The van der Waals surface area contributed by atoms with E-state index in [2.05, 4.69) is 16.9 Å². The lowest BCUT2D eigenvalue weighted by molar-refractivity contribution is -0.385. The maximum Gasteiger partial charge on any atom is 0.306 e. The van der Waals surface area contributed by atoms with E-state index in [9.17, 15) is 20.3 Å². The number of nitro groups is 1. The van der Waals surface area contributed by atoms with Crippen LogP contribution in [0.1, 0.15) is 19.8 Å². The molecule has 3 atom stereocenters. The zero-order valence-electron chi connectivity index (χ0n) is 12.1. The van der Waals surface area contributed by atoms with Crippen molar-refractivity contribution in [1.82, 2.24) is 14.7 Å². The molecular formula is C13H22N4O4. The molecule has 8 nitrogen and oxygen atoms in total. The van der Waals surface area contributed by atoms with Crippen LogP contribution in [-0.2, 0) is 6.54 Å². The first-order valence-corrected chi connectivity index (χ1v) is 7.21. The van der Waals surface area contributed by atoms with Gasteiger partial charge in [0, 0.05) is 12.6 Å². The molecule has 0 amide bonds. The minimum Gasteiger partial charge on any atom is -0.395 e. The molecule has 0 radical (unpaired) electrons. The van der Waals surface area contributed by atoms with E-state index in [1.54, 1.807) is 0 Å². The normalized spacial score (nSPS) is 24.9. The molecule has 0 aromatic carbocycles. The largest absolute Gasteiger partial charge is 0.395 e. The number of likely N-dealkylation sites (tertiary alicyclic amines) is 1. The van der Waals surface area contributed by atoms with Crippen LogP contribution in [0.25, 0.3) is 0 Å². The van der Waals surface area contributed by atoms with Crippen molar-refractivity contribution in [2.75, 3.05) is 19.7 Å². The molecule has 8 heteroatoms. The summed E-state index contributed by atoms with van der Waals surface area (Å²) in [5.74, 6) is 0.404. The highest BCUT2D eigenvalue weighted by atomic mass is 16.6. The van der Waals surface area contributed by atoms with Crippen molar-refractivity contribution < 1.29 is 15.1 Å². The molecule has 21 heavy (non-hydrogen) atoms. The Balaban J connectivity index is 1.90. The van der Waals surface area contributed by atoms with Gasteiger partial charge in [-0.25, -0.2) is 0 Å². The number of nitrogens with zero attached hydrogens (tertiary/aromatic N) is 4. The fourth-order valence-corrected chi connectivity index (χ4v) is 2.95. The molecule has 0 saturated carbocycles. The lowest BCUT2D eigenvalue weighted by Gasteiger charge is -2.39. The molecule has 2 rings (SSSR count). The number of aliphatic hydroxyl groups is 2. The maximum atomic E-state index is 10.6. The van der Waals surface area contributed by atoms with E-state index in [0.29, 0.717) is 12.5 Å². The molecule has 1 fully saturated rings. The van der Waals surface area contributed by atoms with Gasteiger partial charge in [0.25, 0.3) is 0 Å². The number of aromatic nitrogens is 2. The van der Waals surface area contributed by atoms with Gasteiger partial charge in [0.2, 0.25) is 0 Å². The third-order valence-electron chi connectivity index (χ3n) is 4.09. The van der Waals surface area contributed by atoms with Gasteiger partial charge in [0.05, 0.1) is 24.2 Å². The fraction of sp³-hybridized carbons (Fsp3) is 0.769. The number of aliphatic hydroxyl groups excluding tert-OH is 2. The Hall–Kier alpha value is -1.51. The molecule has 0 aliphatic carbocycles. The first kappa shape index (κ1) is 15.9. The second-order valence-corrected chi connectivity index (χ2v) is 5.70. The van der Waals surface area contributed by atoms with Gasteiger partial charge >= 0.3 is 5.69 Å². The van der Waals surface area contributed by atoms with Gasteiger partial charge in [-0.3, -0.25) is 19.7 Å². The summed E-state index contributed by atoms with van der Waals surface area (Å²) in [6, 6.07) is 0.0698. The van der Waals surface area contributed by atoms with Gasteiger partial charge in [-0.1, -0.05) is 6.92 Å². The quantitative estimate of drug-likeness (QED) is 0.576. The third kappa shape index (κ3) is 3.99. The highest BCUT2D eigenvalue weighted by molar-refractivity contribution is 5.20. The number of hydrogen-bond acceptors (Lipinski definition) is 6. The summed E-state index contributed by atoms with van der Waals surface area (Å²) in [5, 5.41) is 34.1. The molecule has 0 bridgehead atoms. The van der Waals surface area contributed by atoms with Crippen LogP contribution in [0.3, 0.4) is 0 Å². The molecule has 2 heterocycles. The Bertz CT molecular complexity index is 478. The third-order valence-corrected chi connectivity index (χ3v) is 4.09. The highest BCUT2D eigenvalue weighted by Crippen LogP contribution is 2.23. The van der Waals surface area contributed by atoms with E-state index in [1.165, 1.54) is 17.1 Å². The summed E-state index contributed by atoms with van der Waals surface area (Å²) in [7, 11) is 0. The van der Waals surface area contributed by atoms with Gasteiger partial charge in [-0.15, -0.1) is 0 Å². The zero-order valence-corrected chi connectivity index (χ0v) is 12.1. The summed E-state index contributed by atoms with van der Waals surface area (Å²) in [4.78, 5) is 12.2. The molecule has 3 unspecified atom stereocenters. The topological polar surface area (TPSA) is 105 Å². The molecule has 1 aliphatic rings. The van der Waals surface area contributed by atoms with Gasteiger partial charge in [-0.05, 0) is 25.3 Å². The van der Waals surface area contributed by atoms with Crippen molar-refractivity contribution in [3.05, 3.63) is 22.5 Å². The summed E-state index contributed by atoms with van der Waals surface area (Å²) in [5.41, 5.74) is -0.0815. The summed E-state index contributed by atoms with van der Waals surface area (Å²) in [6.45, 7) is 3.68. The molecule has 1 aliphatic heterocycles. The summed E-state index contributed by atoms with van der Waals surface area (Å²) < 4.78 is 1.38. The van der Waals surface area contributed by atoms with Gasteiger partial charge in [0.1, 0.15) is 12.4 Å². The second-order valence-electron chi connectivity index (χ2n) is 5.70. The summed E-state index contributed by atoms with van der Waals surface area (Å²) >= 11 is 0. The first-order valence-electron chi connectivity index (χ1n) is 7.21. The average molecular weight is 298 g/mol. The Morgan fingerprint density at radius 2 is 2.33 bits per heavy atom. The molecule has 1 aromatic heterocycles. The van der Waals surface area contributed by atoms with Crippen molar-refractivity contribution in [3.63, 3.8) is 0 Å². The van der Waals surface area contributed by atoms with Crippen molar-refractivity contribution in [3.8, 4) is 0 Å². The van der Waals surface area contributed by atoms with Crippen LogP contribution in [0.15, 0.2) is 12.4 Å². The van der Waals surface area contributed by atoms with Crippen LogP contribution in [0.2, 0.25) is 0 Å². The Labute approximate surface area is 123 Å². The van der Waals surface area contributed by atoms with Crippen molar-refractivity contribution in [2.24, 2.45) is 5.92 Å². The Morgan fingerprint density at radius 1 is 1.57 bits per heavy atom. The molecule has 1 aromatic rings. The SMILES string of the molecule is CC1CCCN(CC(O)Cn2cc([N+](=O)[O-])cn2)C1CO. The van der Waals surface area contributed by atoms with E-state index in [0.717, 1.165) is 19.4 Å². The van der Waals surface area contributed by atoms with Crippen molar-refractivity contribution >= 4 is 5.69 Å².